The number of benzene rings is 4. The van der Waals surface area contributed by atoms with E-state index in [4.69, 9.17) is 8.83 Å². The van der Waals surface area contributed by atoms with Crippen LogP contribution in [0.4, 0.5) is 11.4 Å². The number of nitrogens with one attached hydrogen (secondary N) is 2. The number of para-hydroxylation sites is 2. The Morgan fingerprint density at radius 1 is 0.700 bits per heavy atom. The quantitative estimate of drug-likeness (QED) is 0.159. The van der Waals surface area contributed by atoms with E-state index in [1.807, 2.05) is 61.3 Å². The summed E-state index contributed by atoms with van der Waals surface area (Å²) in [5.41, 5.74) is 9.56. The van der Waals surface area contributed by atoms with Gasteiger partial charge in [-0.2, -0.15) is 10.5 Å². The normalized spacial score (nSPS) is 16.3. The number of aryl methyl sites for hydroxylation is 1. The Hall–Kier alpha value is -6.06. The second-order valence-corrected chi connectivity index (χ2v) is 13.4. The minimum absolute atomic E-state index is 0.176. The molecule has 0 bridgehead atoms. The Labute approximate surface area is 288 Å². The molecule has 8 heteroatoms. The number of hydrogen-bond donors (Lipinski definition) is 2. The molecule has 0 spiro atoms. The van der Waals surface area contributed by atoms with E-state index in [-0.39, 0.29) is 6.04 Å². The number of aromatic amines is 2. The van der Waals surface area contributed by atoms with E-state index in [1.54, 1.807) is 0 Å². The van der Waals surface area contributed by atoms with Crippen molar-refractivity contribution in [1.82, 2.24) is 19.4 Å². The zero-order valence-electron chi connectivity index (χ0n) is 27.5. The number of H-pyrrole nitrogens is 2. The molecule has 0 radical (unpaired) electrons. The molecule has 1 aliphatic rings. The minimum Gasteiger partial charge on any atom is -0.464 e. The van der Waals surface area contributed by atoms with Gasteiger partial charge in [0.05, 0.1) is 51.5 Å². The molecule has 8 aromatic rings. The lowest BCUT2D eigenvalue weighted by Crippen LogP contribution is -2.62. The van der Waals surface area contributed by atoms with Gasteiger partial charge in [-0.25, -0.2) is 0 Å². The van der Waals surface area contributed by atoms with Crippen LogP contribution in [-0.2, 0) is 12.8 Å². The van der Waals surface area contributed by atoms with Crippen molar-refractivity contribution in [2.75, 3.05) is 26.2 Å². The second-order valence-electron chi connectivity index (χ2n) is 13.4. The second kappa shape index (κ2) is 12.1. The van der Waals surface area contributed by atoms with Crippen molar-refractivity contribution in [1.29, 1.82) is 10.5 Å². The summed E-state index contributed by atoms with van der Waals surface area (Å²) in [7, 11) is 0. The molecule has 1 aliphatic heterocycles. The molecule has 9 rings (SSSR count). The molecule has 1 atom stereocenters. The Kier molecular flexibility index (Phi) is 7.28. The van der Waals surface area contributed by atoms with Crippen LogP contribution in [-0.4, -0.2) is 47.1 Å². The smallest absolute Gasteiger partial charge is 0.148 e. The number of piperazine rings is 1. The largest absolute Gasteiger partial charge is 0.464 e. The van der Waals surface area contributed by atoms with Crippen LogP contribution in [0, 0.1) is 22.7 Å². The van der Waals surface area contributed by atoms with Crippen molar-refractivity contribution in [3.8, 4) is 12.1 Å². The first-order valence-electron chi connectivity index (χ1n) is 17.2. The molecule has 50 heavy (non-hydrogen) atoms. The minimum atomic E-state index is 0.176. The average Bonchev–Trinajstić information content (AvgIpc) is 3.97. The monoisotopic (exact) mass is 655 g/mol. The molecule has 5 heterocycles. The third-order valence-corrected chi connectivity index (χ3v) is 10.9. The van der Waals surface area contributed by atoms with Crippen LogP contribution in [0.2, 0.25) is 0 Å². The van der Waals surface area contributed by atoms with Crippen LogP contribution in [0.15, 0.2) is 119 Å². The number of quaternary nitrogens is 1. The lowest BCUT2D eigenvalue weighted by molar-refractivity contribution is 0.103. The van der Waals surface area contributed by atoms with Gasteiger partial charge < -0.3 is 18.8 Å². The highest BCUT2D eigenvalue weighted by molar-refractivity contribution is 6.02. The molecule has 8 nitrogen and oxygen atoms in total. The van der Waals surface area contributed by atoms with Crippen LogP contribution in [0.25, 0.3) is 43.7 Å². The van der Waals surface area contributed by atoms with Crippen LogP contribution in [0.1, 0.15) is 28.7 Å². The zero-order valence-corrected chi connectivity index (χ0v) is 27.5. The van der Waals surface area contributed by atoms with Gasteiger partial charge in [0.1, 0.15) is 47.8 Å². The number of rotatable bonds is 8. The predicted molar refractivity (Wildman–Crippen MR) is 197 cm³/mol. The Morgan fingerprint density at radius 3 is 1.84 bits per heavy atom. The molecule has 0 aliphatic carbocycles. The van der Waals surface area contributed by atoms with Gasteiger partial charge in [0.15, 0.2) is 0 Å². The summed E-state index contributed by atoms with van der Waals surface area (Å²) >= 11 is 0. The van der Waals surface area contributed by atoms with Crippen molar-refractivity contribution in [2.24, 2.45) is 0 Å². The SMILES string of the molecule is N#Cc1c[nH]c2cccc([N+]3(c4cccc5[nH]cc(C#N)c45)CCN(CCc4coc5ccccc45)C(CCc4coc5ccccc45)C3)c12. The summed E-state index contributed by atoms with van der Waals surface area (Å²) in [5, 5.41) is 24.8. The molecule has 244 valence electrons. The van der Waals surface area contributed by atoms with Gasteiger partial charge in [0, 0.05) is 48.4 Å². The summed E-state index contributed by atoms with van der Waals surface area (Å²) in [6.07, 6.45) is 10.1. The van der Waals surface area contributed by atoms with Gasteiger partial charge in [0.2, 0.25) is 0 Å². The average molecular weight is 656 g/mol. The van der Waals surface area contributed by atoms with Crippen molar-refractivity contribution in [3.63, 3.8) is 0 Å². The number of aromatic nitrogens is 2. The van der Waals surface area contributed by atoms with E-state index in [1.165, 1.54) is 16.5 Å². The summed E-state index contributed by atoms with van der Waals surface area (Å²) in [6, 6.07) is 34.2. The molecular weight excluding hydrogens is 621 g/mol. The number of nitrogens with zero attached hydrogens (tertiary/aromatic N) is 4. The fraction of sp³-hybridized carbons (Fsp3) is 0.190. The van der Waals surface area contributed by atoms with Crippen molar-refractivity contribution in [2.45, 2.75) is 25.3 Å². The van der Waals surface area contributed by atoms with Crippen LogP contribution in [0.3, 0.4) is 0 Å². The number of furan rings is 2. The lowest BCUT2D eigenvalue weighted by Gasteiger charge is -2.48. The molecule has 1 saturated heterocycles. The first-order valence-corrected chi connectivity index (χ1v) is 17.2. The Morgan fingerprint density at radius 2 is 1.26 bits per heavy atom. The van der Waals surface area contributed by atoms with Crippen molar-refractivity contribution < 1.29 is 8.83 Å². The standard InChI is InChI=1S/C42H35N6O2/c43-21-30-23-45-35-9-5-11-37(41(30)35)48(38-12-6-10-36-42(38)31(22-44)24-46-36)20-19-47(18-17-29-27-50-40-14-4-2-8-34(29)40)32(25-48)16-15-28-26-49-39-13-3-1-7-33(28)39/h1-14,23-24,26-27,32,45-46H,15-20,25H2/q+1. The van der Waals surface area contributed by atoms with Crippen molar-refractivity contribution >= 4 is 55.1 Å². The van der Waals surface area contributed by atoms with Crippen LogP contribution in [0.5, 0.6) is 0 Å². The molecular formula is C42H35N6O2+. The maximum absolute atomic E-state index is 10.3. The van der Waals surface area contributed by atoms with Gasteiger partial charge >= 0.3 is 0 Å². The molecule has 2 N–H and O–H groups in total. The van der Waals surface area contributed by atoms with Gasteiger partial charge in [-0.1, -0.05) is 48.5 Å². The topological polar surface area (TPSA) is 109 Å². The Balaban J connectivity index is 1.17. The van der Waals surface area contributed by atoms with Gasteiger partial charge in [-0.05, 0) is 54.7 Å². The summed E-state index contributed by atoms with van der Waals surface area (Å²) < 4.78 is 12.4. The van der Waals surface area contributed by atoms with E-state index in [9.17, 15) is 10.5 Å². The van der Waals surface area contributed by atoms with Crippen molar-refractivity contribution in [3.05, 3.63) is 132 Å². The van der Waals surface area contributed by atoms with Gasteiger partial charge in [-0.15, -0.1) is 0 Å². The van der Waals surface area contributed by atoms with Gasteiger partial charge in [0.25, 0.3) is 0 Å². The molecule has 1 fully saturated rings. The third-order valence-electron chi connectivity index (χ3n) is 10.9. The maximum Gasteiger partial charge on any atom is 0.148 e. The van der Waals surface area contributed by atoms with E-state index < -0.39 is 0 Å². The van der Waals surface area contributed by atoms with E-state index in [2.05, 4.69) is 75.5 Å². The first-order chi connectivity index (χ1) is 24.7. The summed E-state index contributed by atoms with van der Waals surface area (Å²) in [6.45, 7) is 3.27. The summed E-state index contributed by atoms with van der Waals surface area (Å²) in [4.78, 5) is 9.35. The fourth-order valence-corrected chi connectivity index (χ4v) is 8.44. The number of hydrogen-bond acceptors (Lipinski definition) is 5. The molecule has 4 aromatic heterocycles. The van der Waals surface area contributed by atoms with E-state index in [0.717, 1.165) is 95.2 Å². The molecule has 4 aromatic carbocycles. The highest BCUT2D eigenvalue weighted by Crippen LogP contribution is 2.46. The predicted octanol–water partition coefficient (Wildman–Crippen LogP) is 9.08. The van der Waals surface area contributed by atoms with Crippen LogP contribution >= 0.6 is 0 Å². The molecule has 1 unspecified atom stereocenters. The third kappa shape index (κ3) is 4.81. The summed E-state index contributed by atoms with van der Waals surface area (Å²) in [5.74, 6) is 0. The van der Waals surface area contributed by atoms with Crippen LogP contribution < -0.4 is 4.48 Å². The first kappa shape index (κ1) is 30.0. The maximum atomic E-state index is 10.3. The highest BCUT2D eigenvalue weighted by atomic mass is 16.3. The van der Waals surface area contributed by atoms with E-state index >= 15 is 0 Å². The van der Waals surface area contributed by atoms with Gasteiger partial charge in [-0.3, -0.25) is 9.38 Å². The highest BCUT2D eigenvalue weighted by Gasteiger charge is 2.45. The number of fused-ring (bicyclic) bond motifs is 4. The van der Waals surface area contributed by atoms with E-state index in [0.29, 0.717) is 15.6 Å². The molecule has 0 amide bonds. The lowest BCUT2D eigenvalue weighted by atomic mass is 9.95. The molecule has 0 saturated carbocycles. The Bertz CT molecular complexity index is 2510. The zero-order chi connectivity index (χ0) is 33.7. The number of nitriles is 2. The fourth-order valence-electron chi connectivity index (χ4n) is 8.44.